The molecule has 0 radical (unpaired) electrons. The van der Waals surface area contributed by atoms with Crippen molar-refractivity contribution in [2.75, 3.05) is 6.54 Å². The van der Waals surface area contributed by atoms with Crippen LogP contribution in [0.25, 0.3) is 0 Å². The molecule has 1 N–H and O–H groups in total. The van der Waals surface area contributed by atoms with Crippen LogP contribution in [0.3, 0.4) is 0 Å². The lowest BCUT2D eigenvalue weighted by atomic mass is 10.1. The third-order valence-corrected chi connectivity index (χ3v) is 4.68. The van der Waals surface area contributed by atoms with E-state index in [1.807, 2.05) is 0 Å². The first kappa shape index (κ1) is 14.6. The number of thioether (sulfide) groups is 1. The van der Waals surface area contributed by atoms with Crippen molar-refractivity contribution < 1.29 is 4.52 Å². The standard InChI is InChI=1S/C16H21N3OS/c1-3-17-11(2)12-6-8-14(9-7-12)21-10-15-18-16(20-19-15)13-4-5-13/h6-9,11,13,17H,3-5,10H2,1-2H3. The van der Waals surface area contributed by atoms with E-state index in [1.165, 1.54) is 23.3 Å². The van der Waals surface area contributed by atoms with Crippen molar-refractivity contribution in [3.8, 4) is 0 Å². The van der Waals surface area contributed by atoms with Crippen molar-refractivity contribution in [1.29, 1.82) is 0 Å². The van der Waals surface area contributed by atoms with Gasteiger partial charge in [0.15, 0.2) is 5.82 Å². The molecular formula is C16H21N3OS. The number of rotatable bonds is 7. The van der Waals surface area contributed by atoms with Gasteiger partial charge in [0.2, 0.25) is 5.89 Å². The van der Waals surface area contributed by atoms with Crippen molar-refractivity contribution in [2.24, 2.45) is 0 Å². The fourth-order valence-electron chi connectivity index (χ4n) is 2.25. The monoisotopic (exact) mass is 303 g/mol. The molecule has 0 aliphatic heterocycles. The van der Waals surface area contributed by atoms with Gasteiger partial charge in [-0.1, -0.05) is 24.2 Å². The molecular weight excluding hydrogens is 282 g/mol. The Hall–Kier alpha value is -1.33. The second kappa shape index (κ2) is 6.62. The Morgan fingerprint density at radius 3 is 2.76 bits per heavy atom. The lowest BCUT2D eigenvalue weighted by Crippen LogP contribution is -2.17. The van der Waals surface area contributed by atoms with Crippen LogP contribution >= 0.6 is 11.8 Å². The van der Waals surface area contributed by atoms with E-state index in [4.69, 9.17) is 4.52 Å². The van der Waals surface area contributed by atoms with Gasteiger partial charge in [0.25, 0.3) is 0 Å². The Kier molecular flexibility index (Phi) is 4.60. The number of hydrogen-bond donors (Lipinski definition) is 1. The summed E-state index contributed by atoms with van der Waals surface area (Å²) in [7, 11) is 0. The van der Waals surface area contributed by atoms with E-state index in [9.17, 15) is 0 Å². The Morgan fingerprint density at radius 1 is 1.33 bits per heavy atom. The van der Waals surface area contributed by atoms with Gasteiger partial charge < -0.3 is 9.84 Å². The molecule has 3 rings (SSSR count). The summed E-state index contributed by atoms with van der Waals surface area (Å²) in [4.78, 5) is 5.69. The molecule has 112 valence electrons. The first-order valence-electron chi connectivity index (χ1n) is 7.55. The molecule has 0 spiro atoms. The van der Waals surface area contributed by atoms with Crippen LogP contribution in [0.4, 0.5) is 0 Å². The van der Waals surface area contributed by atoms with Crippen LogP contribution in [-0.4, -0.2) is 16.7 Å². The normalized spacial score (nSPS) is 16.1. The maximum atomic E-state index is 5.27. The SMILES string of the molecule is CCNC(C)c1ccc(SCc2noc(C3CC3)n2)cc1. The maximum absolute atomic E-state index is 5.27. The molecule has 1 aliphatic carbocycles. The van der Waals surface area contributed by atoms with Crippen molar-refractivity contribution >= 4 is 11.8 Å². The van der Waals surface area contributed by atoms with Gasteiger partial charge in [-0.25, -0.2) is 0 Å². The first-order valence-corrected chi connectivity index (χ1v) is 8.53. The molecule has 4 nitrogen and oxygen atoms in total. The highest BCUT2D eigenvalue weighted by atomic mass is 32.2. The van der Waals surface area contributed by atoms with Gasteiger partial charge in [0, 0.05) is 16.9 Å². The van der Waals surface area contributed by atoms with Crippen LogP contribution < -0.4 is 5.32 Å². The van der Waals surface area contributed by atoms with Crippen LogP contribution in [0.2, 0.25) is 0 Å². The van der Waals surface area contributed by atoms with Gasteiger partial charge in [-0.05, 0) is 44.0 Å². The average molecular weight is 303 g/mol. The molecule has 1 unspecified atom stereocenters. The summed E-state index contributed by atoms with van der Waals surface area (Å²) in [5, 5.41) is 7.46. The summed E-state index contributed by atoms with van der Waals surface area (Å²) in [6.45, 7) is 5.30. The topological polar surface area (TPSA) is 51.0 Å². The summed E-state index contributed by atoms with van der Waals surface area (Å²) in [5.41, 5.74) is 1.32. The largest absolute Gasteiger partial charge is 0.339 e. The van der Waals surface area contributed by atoms with E-state index in [-0.39, 0.29) is 0 Å². The molecule has 2 aromatic rings. The van der Waals surface area contributed by atoms with E-state index in [2.05, 4.69) is 53.6 Å². The van der Waals surface area contributed by atoms with Crippen molar-refractivity contribution in [1.82, 2.24) is 15.5 Å². The highest BCUT2D eigenvalue weighted by Gasteiger charge is 2.29. The van der Waals surface area contributed by atoms with Crippen molar-refractivity contribution in [3.05, 3.63) is 41.5 Å². The van der Waals surface area contributed by atoms with Gasteiger partial charge in [-0.15, -0.1) is 11.8 Å². The highest BCUT2D eigenvalue weighted by Crippen LogP contribution is 2.39. The average Bonchev–Trinajstić information content (AvgIpc) is 3.25. The smallest absolute Gasteiger partial charge is 0.229 e. The van der Waals surface area contributed by atoms with E-state index in [0.29, 0.717) is 12.0 Å². The number of nitrogens with one attached hydrogen (secondary N) is 1. The molecule has 21 heavy (non-hydrogen) atoms. The number of hydrogen-bond acceptors (Lipinski definition) is 5. The minimum absolute atomic E-state index is 0.396. The maximum Gasteiger partial charge on any atom is 0.229 e. The zero-order valence-electron chi connectivity index (χ0n) is 12.5. The summed E-state index contributed by atoms with van der Waals surface area (Å²) in [6.07, 6.45) is 2.39. The van der Waals surface area contributed by atoms with Crippen LogP contribution in [0.15, 0.2) is 33.7 Å². The Bertz CT molecular complexity index is 577. The molecule has 1 saturated carbocycles. The van der Waals surface area contributed by atoms with E-state index in [1.54, 1.807) is 11.8 Å². The summed E-state index contributed by atoms with van der Waals surface area (Å²) in [6, 6.07) is 9.08. The molecule has 0 amide bonds. The van der Waals surface area contributed by atoms with Gasteiger partial charge >= 0.3 is 0 Å². The first-order chi connectivity index (χ1) is 10.3. The molecule has 1 fully saturated rings. The molecule has 0 bridgehead atoms. The number of nitrogens with zero attached hydrogens (tertiary/aromatic N) is 2. The zero-order valence-corrected chi connectivity index (χ0v) is 13.3. The molecule has 0 saturated heterocycles. The minimum Gasteiger partial charge on any atom is -0.339 e. The van der Waals surface area contributed by atoms with Crippen LogP contribution in [0, 0.1) is 0 Å². The third kappa shape index (κ3) is 3.86. The third-order valence-electron chi connectivity index (χ3n) is 3.67. The fourth-order valence-corrected chi connectivity index (χ4v) is 2.99. The second-order valence-electron chi connectivity index (χ2n) is 5.46. The number of aromatic nitrogens is 2. The summed E-state index contributed by atoms with van der Waals surface area (Å²) >= 11 is 1.75. The van der Waals surface area contributed by atoms with Crippen molar-refractivity contribution in [2.45, 2.75) is 49.3 Å². The zero-order chi connectivity index (χ0) is 14.7. The van der Waals surface area contributed by atoms with E-state index in [0.717, 1.165) is 24.0 Å². The molecule has 5 heteroatoms. The Morgan fingerprint density at radius 2 is 2.10 bits per heavy atom. The molecule has 1 aromatic carbocycles. The Labute approximate surface area is 129 Å². The van der Waals surface area contributed by atoms with E-state index >= 15 is 0 Å². The van der Waals surface area contributed by atoms with Crippen LogP contribution in [-0.2, 0) is 5.75 Å². The van der Waals surface area contributed by atoms with Gasteiger partial charge in [-0.2, -0.15) is 4.98 Å². The highest BCUT2D eigenvalue weighted by molar-refractivity contribution is 7.98. The van der Waals surface area contributed by atoms with Crippen molar-refractivity contribution in [3.63, 3.8) is 0 Å². The predicted octanol–water partition coefficient (Wildman–Crippen LogP) is 3.91. The molecule has 1 heterocycles. The van der Waals surface area contributed by atoms with Gasteiger partial charge in [-0.3, -0.25) is 0 Å². The van der Waals surface area contributed by atoms with E-state index < -0.39 is 0 Å². The van der Waals surface area contributed by atoms with Crippen LogP contribution in [0.1, 0.15) is 55.9 Å². The van der Waals surface area contributed by atoms with Gasteiger partial charge in [0.05, 0.1) is 5.75 Å². The molecule has 1 atom stereocenters. The Balaban J connectivity index is 1.54. The quantitative estimate of drug-likeness (QED) is 0.786. The minimum atomic E-state index is 0.396. The lowest BCUT2D eigenvalue weighted by Gasteiger charge is -2.12. The molecule has 1 aliphatic rings. The van der Waals surface area contributed by atoms with Gasteiger partial charge in [0.1, 0.15) is 0 Å². The molecule has 1 aromatic heterocycles. The number of benzene rings is 1. The summed E-state index contributed by atoms with van der Waals surface area (Å²) < 4.78 is 5.27. The lowest BCUT2D eigenvalue weighted by molar-refractivity contribution is 0.375. The van der Waals surface area contributed by atoms with Crippen LogP contribution in [0.5, 0.6) is 0 Å². The fraction of sp³-hybridized carbons (Fsp3) is 0.500. The second-order valence-corrected chi connectivity index (χ2v) is 6.51. The predicted molar refractivity (Wildman–Crippen MR) is 84.4 cm³/mol. The summed E-state index contributed by atoms with van der Waals surface area (Å²) in [5.74, 6) is 2.91.